The molecular formula is C15H24BrN3O2. The van der Waals surface area contributed by atoms with Crippen LogP contribution in [0.1, 0.15) is 45.9 Å². The van der Waals surface area contributed by atoms with Gasteiger partial charge >= 0.3 is 5.97 Å². The van der Waals surface area contributed by atoms with Crippen LogP contribution < -0.4 is 5.32 Å². The molecule has 118 valence electrons. The zero-order valence-electron chi connectivity index (χ0n) is 13.1. The van der Waals surface area contributed by atoms with Crippen molar-refractivity contribution in [3.05, 3.63) is 10.2 Å². The summed E-state index contributed by atoms with van der Waals surface area (Å²) in [5.41, 5.74) is 1.06. The van der Waals surface area contributed by atoms with Crippen molar-refractivity contribution in [2.45, 2.75) is 46.6 Å². The van der Waals surface area contributed by atoms with E-state index in [-0.39, 0.29) is 17.9 Å². The summed E-state index contributed by atoms with van der Waals surface area (Å²) in [6.45, 7) is 9.28. The highest BCUT2D eigenvalue weighted by Crippen LogP contribution is 2.36. The van der Waals surface area contributed by atoms with Crippen molar-refractivity contribution in [3.8, 4) is 0 Å². The molecule has 1 aliphatic heterocycles. The van der Waals surface area contributed by atoms with Crippen molar-refractivity contribution >= 4 is 27.7 Å². The minimum atomic E-state index is -0.192. The molecule has 1 aliphatic rings. The van der Waals surface area contributed by atoms with Crippen molar-refractivity contribution < 1.29 is 9.53 Å². The molecule has 2 rings (SSSR count). The van der Waals surface area contributed by atoms with Crippen molar-refractivity contribution in [2.75, 3.05) is 18.5 Å². The largest absolute Gasteiger partial charge is 0.466 e. The molecule has 2 atom stereocenters. The number of anilines is 1. The van der Waals surface area contributed by atoms with E-state index in [9.17, 15) is 4.79 Å². The third-order valence-corrected chi connectivity index (χ3v) is 4.76. The van der Waals surface area contributed by atoms with Crippen LogP contribution in [-0.2, 0) is 16.0 Å². The molecule has 2 unspecified atom stereocenters. The normalized spacial score (nSPS) is 21.0. The second kappa shape index (κ2) is 6.81. The number of ether oxygens (including phenoxy) is 1. The van der Waals surface area contributed by atoms with Crippen LogP contribution >= 0.6 is 15.9 Å². The molecule has 0 fully saturated rings. The molecule has 0 saturated carbocycles. The Hall–Kier alpha value is -1.04. The summed E-state index contributed by atoms with van der Waals surface area (Å²) in [7, 11) is 0. The van der Waals surface area contributed by atoms with E-state index in [0.29, 0.717) is 19.1 Å². The van der Waals surface area contributed by atoms with Gasteiger partial charge in [-0.3, -0.25) is 4.79 Å². The fourth-order valence-electron chi connectivity index (χ4n) is 2.58. The van der Waals surface area contributed by atoms with E-state index >= 15 is 0 Å². The molecule has 5 nitrogen and oxygen atoms in total. The van der Waals surface area contributed by atoms with Crippen molar-refractivity contribution in [1.82, 2.24) is 9.78 Å². The number of hydrogen-bond donors (Lipinski definition) is 1. The number of nitrogens with one attached hydrogen (secondary N) is 1. The summed E-state index contributed by atoms with van der Waals surface area (Å²) in [6.07, 6.45) is 2.04. The molecule has 0 saturated heterocycles. The average Bonchev–Trinajstić information content (AvgIpc) is 2.75. The van der Waals surface area contributed by atoms with Gasteiger partial charge in [-0.15, -0.1) is 0 Å². The monoisotopic (exact) mass is 357 g/mol. The first kappa shape index (κ1) is 16.3. The molecule has 0 amide bonds. The number of esters is 1. The topological polar surface area (TPSA) is 56.1 Å². The highest BCUT2D eigenvalue weighted by Gasteiger charge is 2.35. The van der Waals surface area contributed by atoms with E-state index < -0.39 is 0 Å². The number of carbonyl (C=O) groups excluding carboxylic acids is 1. The van der Waals surface area contributed by atoms with E-state index in [1.54, 1.807) is 0 Å². The van der Waals surface area contributed by atoms with Crippen LogP contribution in [-0.4, -0.2) is 28.9 Å². The van der Waals surface area contributed by atoms with Crippen LogP contribution in [0.4, 0.5) is 5.82 Å². The lowest BCUT2D eigenvalue weighted by molar-refractivity contribution is -0.149. The zero-order valence-corrected chi connectivity index (χ0v) is 14.7. The van der Waals surface area contributed by atoms with Gasteiger partial charge in [-0.1, -0.05) is 13.8 Å². The Kier molecular flexibility index (Phi) is 5.30. The summed E-state index contributed by atoms with van der Waals surface area (Å²) in [4.78, 5) is 12.0. The minimum absolute atomic E-state index is 0.00407. The second-order valence-electron chi connectivity index (χ2n) is 5.97. The number of carbonyl (C=O) groups is 1. The second-order valence-corrected chi connectivity index (χ2v) is 6.76. The van der Waals surface area contributed by atoms with Crippen LogP contribution in [0.15, 0.2) is 4.47 Å². The van der Waals surface area contributed by atoms with Crippen molar-refractivity contribution in [3.63, 3.8) is 0 Å². The number of nitrogens with zero attached hydrogens (tertiary/aromatic N) is 2. The van der Waals surface area contributed by atoms with Crippen molar-refractivity contribution in [1.29, 1.82) is 0 Å². The first-order valence-electron chi connectivity index (χ1n) is 7.63. The number of fused-ring (bicyclic) bond motifs is 1. The molecule has 21 heavy (non-hydrogen) atoms. The smallest absolute Gasteiger partial charge is 0.312 e. The summed E-state index contributed by atoms with van der Waals surface area (Å²) < 4.78 is 8.10. The lowest BCUT2D eigenvalue weighted by Gasteiger charge is -2.29. The van der Waals surface area contributed by atoms with Crippen LogP contribution in [0.25, 0.3) is 0 Å². The summed E-state index contributed by atoms with van der Waals surface area (Å²) in [5.74, 6) is 1.27. The molecule has 1 aromatic rings. The molecule has 1 aromatic heterocycles. The van der Waals surface area contributed by atoms with Gasteiger partial charge in [0.25, 0.3) is 0 Å². The molecular weight excluding hydrogens is 334 g/mol. The van der Waals surface area contributed by atoms with Gasteiger partial charge in [0.1, 0.15) is 5.82 Å². The molecule has 0 aliphatic carbocycles. The van der Waals surface area contributed by atoms with Crippen LogP contribution in [0.5, 0.6) is 0 Å². The van der Waals surface area contributed by atoms with E-state index in [2.05, 4.69) is 35.1 Å². The van der Waals surface area contributed by atoms with Gasteiger partial charge < -0.3 is 10.1 Å². The van der Waals surface area contributed by atoms with Gasteiger partial charge in [0.05, 0.1) is 28.7 Å². The molecule has 6 heteroatoms. The lowest BCUT2D eigenvalue weighted by Crippen LogP contribution is -2.37. The average molecular weight is 358 g/mol. The number of hydrogen-bond acceptors (Lipinski definition) is 4. The summed E-state index contributed by atoms with van der Waals surface area (Å²) in [5, 5.41) is 8.01. The van der Waals surface area contributed by atoms with E-state index in [1.165, 1.54) is 0 Å². The lowest BCUT2D eigenvalue weighted by atomic mass is 10.00. The van der Waals surface area contributed by atoms with E-state index in [1.807, 2.05) is 18.5 Å². The fraction of sp³-hybridized carbons (Fsp3) is 0.733. The Morgan fingerprint density at radius 2 is 2.29 bits per heavy atom. The maximum Gasteiger partial charge on any atom is 0.312 e. The highest BCUT2D eigenvalue weighted by atomic mass is 79.9. The van der Waals surface area contributed by atoms with Gasteiger partial charge in [-0.05, 0) is 48.5 Å². The Labute approximate surface area is 134 Å². The summed E-state index contributed by atoms with van der Waals surface area (Å²) in [6, 6.07) is 0.00407. The summed E-state index contributed by atoms with van der Waals surface area (Å²) >= 11 is 3.64. The van der Waals surface area contributed by atoms with Gasteiger partial charge in [-0.2, -0.15) is 5.10 Å². The maximum atomic E-state index is 12.0. The molecule has 2 heterocycles. The zero-order chi connectivity index (χ0) is 15.6. The predicted octanol–water partition coefficient (Wildman–Crippen LogP) is 3.40. The molecule has 0 spiro atoms. The van der Waals surface area contributed by atoms with Crippen molar-refractivity contribution in [2.24, 2.45) is 11.8 Å². The Morgan fingerprint density at radius 3 is 2.90 bits per heavy atom. The highest BCUT2D eigenvalue weighted by molar-refractivity contribution is 9.10. The number of rotatable bonds is 5. The molecule has 0 bridgehead atoms. The van der Waals surface area contributed by atoms with E-state index in [0.717, 1.165) is 28.8 Å². The first-order valence-corrected chi connectivity index (χ1v) is 8.42. The molecule has 0 radical (unpaired) electrons. The first-order chi connectivity index (χ1) is 9.95. The molecule has 1 N–H and O–H groups in total. The fourth-order valence-corrected chi connectivity index (χ4v) is 3.18. The maximum absolute atomic E-state index is 12.0. The third kappa shape index (κ3) is 3.42. The minimum Gasteiger partial charge on any atom is -0.466 e. The third-order valence-electron chi connectivity index (χ3n) is 3.92. The van der Waals surface area contributed by atoms with Crippen LogP contribution in [0.2, 0.25) is 0 Å². The molecule has 0 aromatic carbocycles. The SMILES string of the molecule is CCOC(=O)C1CNc2c(Br)c(CCC(C)C)nn2C1C. The standard InChI is InChI=1S/C15H24BrN3O2/c1-5-21-15(20)11-8-17-14-13(16)12(7-6-9(2)3)18-19(14)10(11)4/h9-11,17H,5-8H2,1-4H3. The van der Waals surface area contributed by atoms with Gasteiger partial charge in [0.15, 0.2) is 0 Å². The van der Waals surface area contributed by atoms with Gasteiger partial charge in [-0.25, -0.2) is 4.68 Å². The number of halogens is 1. The quantitative estimate of drug-likeness (QED) is 0.820. The number of aromatic nitrogens is 2. The predicted molar refractivity (Wildman–Crippen MR) is 86.4 cm³/mol. The Balaban J connectivity index is 2.19. The van der Waals surface area contributed by atoms with Gasteiger partial charge in [0.2, 0.25) is 0 Å². The Morgan fingerprint density at radius 1 is 1.57 bits per heavy atom. The Bertz CT molecular complexity index is 513. The van der Waals surface area contributed by atoms with Crippen LogP contribution in [0, 0.1) is 11.8 Å². The van der Waals surface area contributed by atoms with Crippen LogP contribution in [0.3, 0.4) is 0 Å². The van der Waals surface area contributed by atoms with Gasteiger partial charge in [0, 0.05) is 6.54 Å². The van der Waals surface area contributed by atoms with E-state index in [4.69, 9.17) is 9.84 Å². The number of aryl methyl sites for hydroxylation is 1.